The number of ether oxygens (including phenoxy) is 1. The molecule has 0 aliphatic heterocycles. The second-order valence-corrected chi connectivity index (χ2v) is 4.70. The number of esters is 1. The molecule has 0 fully saturated rings. The molecule has 1 aromatic carbocycles. The average Bonchev–Trinajstić information content (AvgIpc) is 3.01. The summed E-state index contributed by atoms with van der Waals surface area (Å²) < 4.78 is 42.3. The van der Waals surface area contributed by atoms with Crippen LogP contribution in [0.5, 0.6) is 0 Å². The minimum absolute atomic E-state index is 0.172. The zero-order valence-electron chi connectivity index (χ0n) is 12.0. The minimum Gasteiger partial charge on any atom is -0.448 e. The number of carbonyl (C=O) groups excluding carboxylic acids is 2. The molecule has 0 bridgehead atoms. The van der Waals surface area contributed by atoms with Gasteiger partial charge in [-0.25, -0.2) is 4.79 Å². The highest BCUT2D eigenvalue weighted by Crippen LogP contribution is 2.29. The quantitative estimate of drug-likeness (QED) is 0.848. The van der Waals surface area contributed by atoms with Gasteiger partial charge in [0, 0.05) is 11.9 Å². The van der Waals surface area contributed by atoms with Crippen molar-refractivity contribution < 1.29 is 27.5 Å². The molecule has 0 spiro atoms. The summed E-state index contributed by atoms with van der Waals surface area (Å²) in [6.45, 7) is 1.36. The van der Waals surface area contributed by atoms with Crippen molar-refractivity contribution >= 4 is 17.6 Å². The molecule has 1 amide bonds. The number of hydrogen-bond acceptors (Lipinski definition) is 3. The zero-order chi connectivity index (χ0) is 17.0. The number of amides is 1. The Bertz CT molecular complexity index is 679. The molecule has 122 valence electrons. The van der Waals surface area contributed by atoms with Gasteiger partial charge in [0.15, 0.2) is 6.10 Å². The van der Waals surface area contributed by atoms with E-state index in [0.717, 1.165) is 24.3 Å². The smallest absolute Gasteiger partial charge is 0.416 e. The van der Waals surface area contributed by atoms with Gasteiger partial charge in [-0.2, -0.15) is 13.2 Å². The molecule has 0 aliphatic carbocycles. The molecule has 0 saturated heterocycles. The lowest BCUT2D eigenvalue weighted by molar-refractivity contribution is -0.137. The third kappa shape index (κ3) is 4.35. The first-order chi connectivity index (χ1) is 10.8. The Balaban J connectivity index is 1.94. The first-order valence-corrected chi connectivity index (χ1v) is 6.60. The molecule has 2 N–H and O–H groups in total. The molecule has 2 aromatic rings. The van der Waals surface area contributed by atoms with E-state index in [-0.39, 0.29) is 11.4 Å². The number of aromatic nitrogens is 1. The lowest BCUT2D eigenvalue weighted by Crippen LogP contribution is -2.30. The van der Waals surface area contributed by atoms with Crippen molar-refractivity contribution in [1.82, 2.24) is 4.98 Å². The Hall–Kier alpha value is -2.77. The number of anilines is 1. The van der Waals surface area contributed by atoms with Gasteiger partial charge in [-0.05, 0) is 43.3 Å². The lowest BCUT2D eigenvalue weighted by Gasteiger charge is -2.13. The van der Waals surface area contributed by atoms with Crippen LogP contribution in [-0.4, -0.2) is 23.0 Å². The number of aromatic amines is 1. The minimum atomic E-state index is -4.44. The Labute approximate surface area is 129 Å². The van der Waals surface area contributed by atoms with Gasteiger partial charge in [0.2, 0.25) is 0 Å². The molecule has 1 atom stereocenters. The molecular formula is C15H13F3N2O3. The molecule has 23 heavy (non-hydrogen) atoms. The van der Waals surface area contributed by atoms with Crippen molar-refractivity contribution in [2.24, 2.45) is 0 Å². The van der Waals surface area contributed by atoms with Gasteiger partial charge < -0.3 is 15.0 Å². The average molecular weight is 326 g/mol. The summed E-state index contributed by atoms with van der Waals surface area (Å²) in [5.41, 5.74) is -0.452. The SMILES string of the molecule is C[C@@H](OC(=O)c1ccc[nH]1)C(=O)Nc1ccc(C(F)(F)F)cc1. The monoisotopic (exact) mass is 326 g/mol. The fraction of sp³-hybridized carbons (Fsp3) is 0.200. The highest BCUT2D eigenvalue weighted by molar-refractivity contribution is 5.96. The van der Waals surface area contributed by atoms with Crippen LogP contribution in [0.2, 0.25) is 0 Å². The fourth-order valence-electron chi connectivity index (χ4n) is 1.72. The van der Waals surface area contributed by atoms with Gasteiger partial charge in [-0.15, -0.1) is 0 Å². The molecule has 0 radical (unpaired) electrons. The number of halogens is 3. The number of carbonyl (C=O) groups is 2. The van der Waals surface area contributed by atoms with Gasteiger partial charge in [-0.1, -0.05) is 0 Å². The summed E-state index contributed by atoms with van der Waals surface area (Å²) in [5.74, 6) is -1.35. The van der Waals surface area contributed by atoms with Crippen LogP contribution in [0.3, 0.4) is 0 Å². The van der Waals surface area contributed by atoms with Gasteiger partial charge in [0.25, 0.3) is 5.91 Å². The molecule has 0 unspecified atom stereocenters. The Kier molecular flexibility index (Phi) is 4.73. The number of rotatable bonds is 4. The Morgan fingerprint density at radius 1 is 1.17 bits per heavy atom. The number of hydrogen-bond donors (Lipinski definition) is 2. The van der Waals surface area contributed by atoms with Gasteiger partial charge in [0.1, 0.15) is 5.69 Å². The molecule has 5 nitrogen and oxygen atoms in total. The lowest BCUT2D eigenvalue weighted by atomic mass is 10.2. The maximum atomic E-state index is 12.4. The van der Waals surface area contributed by atoms with Crippen LogP contribution in [0.4, 0.5) is 18.9 Å². The molecule has 1 aromatic heterocycles. The second-order valence-electron chi connectivity index (χ2n) is 4.70. The third-order valence-electron chi connectivity index (χ3n) is 2.95. The molecule has 2 rings (SSSR count). The Morgan fingerprint density at radius 3 is 2.35 bits per heavy atom. The van der Waals surface area contributed by atoms with Crippen LogP contribution in [0.1, 0.15) is 23.0 Å². The van der Waals surface area contributed by atoms with E-state index < -0.39 is 29.7 Å². The largest absolute Gasteiger partial charge is 0.448 e. The highest BCUT2D eigenvalue weighted by Gasteiger charge is 2.30. The normalized spacial score (nSPS) is 12.5. The van der Waals surface area contributed by atoms with E-state index in [0.29, 0.717) is 0 Å². The van der Waals surface area contributed by atoms with E-state index in [1.165, 1.54) is 19.2 Å². The maximum absolute atomic E-state index is 12.4. The highest BCUT2D eigenvalue weighted by atomic mass is 19.4. The van der Waals surface area contributed by atoms with Crippen molar-refractivity contribution in [1.29, 1.82) is 0 Å². The van der Waals surface area contributed by atoms with Crippen LogP contribution in [0.15, 0.2) is 42.6 Å². The van der Waals surface area contributed by atoms with Crippen molar-refractivity contribution in [2.45, 2.75) is 19.2 Å². The zero-order valence-corrected chi connectivity index (χ0v) is 12.0. The van der Waals surface area contributed by atoms with Gasteiger partial charge in [-0.3, -0.25) is 4.79 Å². The molecule has 0 aliphatic rings. The van der Waals surface area contributed by atoms with Crippen LogP contribution in [0, 0.1) is 0 Å². The van der Waals surface area contributed by atoms with E-state index >= 15 is 0 Å². The first-order valence-electron chi connectivity index (χ1n) is 6.60. The topological polar surface area (TPSA) is 71.2 Å². The predicted octanol–water partition coefficient (Wildman–Crippen LogP) is 3.22. The maximum Gasteiger partial charge on any atom is 0.416 e. The number of H-pyrrole nitrogens is 1. The molecule has 0 saturated carbocycles. The number of nitrogens with one attached hydrogen (secondary N) is 2. The van der Waals surface area contributed by atoms with Gasteiger partial charge >= 0.3 is 12.1 Å². The summed E-state index contributed by atoms with van der Waals surface area (Å²) >= 11 is 0. The van der Waals surface area contributed by atoms with Gasteiger partial charge in [0.05, 0.1) is 5.56 Å². The number of benzene rings is 1. The standard InChI is InChI=1S/C15H13F3N2O3/c1-9(23-14(22)12-3-2-8-19-12)13(21)20-11-6-4-10(5-7-11)15(16,17)18/h2-9,19H,1H3,(H,20,21)/t9-/m1/s1. The second kappa shape index (κ2) is 6.55. The van der Waals surface area contributed by atoms with Crippen LogP contribution < -0.4 is 5.32 Å². The van der Waals surface area contributed by atoms with Crippen molar-refractivity contribution in [3.63, 3.8) is 0 Å². The summed E-state index contributed by atoms with van der Waals surface area (Å²) in [6, 6.07) is 7.04. The van der Waals surface area contributed by atoms with Crippen LogP contribution >= 0.6 is 0 Å². The van der Waals surface area contributed by atoms with E-state index in [9.17, 15) is 22.8 Å². The van der Waals surface area contributed by atoms with Crippen molar-refractivity contribution in [2.75, 3.05) is 5.32 Å². The summed E-state index contributed by atoms with van der Waals surface area (Å²) in [7, 11) is 0. The van der Waals surface area contributed by atoms with Crippen LogP contribution in [-0.2, 0) is 15.7 Å². The van der Waals surface area contributed by atoms with Crippen molar-refractivity contribution in [3.8, 4) is 0 Å². The fourth-order valence-corrected chi connectivity index (χ4v) is 1.72. The van der Waals surface area contributed by atoms with E-state index in [1.807, 2.05) is 0 Å². The summed E-state index contributed by atoms with van der Waals surface area (Å²) in [5, 5.41) is 2.38. The van der Waals surface area contributed by atoms with Crippen molar-refractivity contribution in [3.05, 3.63) is 53.9 Å². The summed E-state index contributed by atoms with van der Waals surface area (Å²) in [6.07, 6.45) is -4.02. The molecule has 1 heterocycles. The van der Waals surface area contributed by atoms with Crippen LogP contribution in [0.25, 0.3) is 0 Å². The Morgan fingerprint density at radius 2 is 1.83 bits per heavy atom. The molecule has 8 heteroatoms. The van der Waals surface area contributed by atoms with E-state index in [2.05, 4.69) is 10.3 Å². The molecular weight excluding hydrogens is 313 g/mol. The predicted molar refractivity (Wildman–Crippen MR) is 75.7 cm³/mol. The number of alkyl halides is 3. The third-order valence-corrected chi connectivity index (χ3v) is 2.95. The van der Waals surface area contributed by atoms with E-state index in [4.69, 9.17) is 4.74 Å². The van der Waals surface area contributed by atoms with E-state index in [1.54, 1.807) is 6.07 Å². The first kappa shape index (κ1) is 16.6. The summed E-state index contributed by atoms with van der Waals surface area (Å²) in [4.78, 5) is 26.2.